The minimum absolute atomic E-state index is 0.0282. The molecule has 22 heavy (non-hydrogen) atoms. The first-order valence-electron chi connectivity index (χ1n) is 8.76. The Morgan fingerprint density at radius 3 is 2.41 bits per heavy atom. The number of fused-ring (bicyclic) bond motifs is 4. The molecule has 0 aliphatic heterocycles. The molecule has 3 fully saturated rings. The molecule has 0 aromatic carbocycles. The lowest BCUT2D eigenvalue weighted by Gasteiger charge is -2.31. The molecule has 0 radical (unpaired) electrons. The Kier molecular flexibility index (Phi) is 3.31. The molecule has 0 spiro atoms. The van der Waals surface area contributed by atoms with E-state index in [1.165, 1.54) is 25.7 Å². The van der Waals surface area contributed by atoms with Gasteiger partial charge >= 0.3 is 5.97 Å². The lowest BCUT2D eigenvalue weighted by molar-refractivity contribution is -0.148. The molecule has 4 rings (SSSR count). The van der Waals surface area contributed by atoms with E-state index in [2.05, 4.69) is 18.3 Å². The number of aliphatic carboxylic acids is 1. The van der Waals surface area contributed by atoms with Crippen LogP contribution < -0.4 is 5.32 Å². The number of allylic oxidation sites excluding steroid dienone is 2. The van der Waals surface area contributed by atoms with Crippen molar-refractivity contribution in [2.24, 2.45) is 41.4 Å². The van der Waals surface area contributed by atoms with Gasteiger partial charge in [0.25, 0.3) is 0 Å². The Labute approximate surface area is 131 Å². The average Bonchev–Trinajstić information content (AvgIpc) is 3.24. The molecule has 1 amide bonds. The van der Waals surface area contributed by atoms with Crippen LogP contribution in [0.1, 0.15) is 39.0 Å². The lowest BCUT2D eigenvalue weighted by Crippen LogP contribution is -2.46. The molecule has 8 atom stereocenters. The normalized spacial score (nSPS) is 46.1. The minimum Gasteiger partial charge on any atom is -0.481 e. The van der Waals surface area contributed by atoms with E-state index in [1.54, 1.807) is 0 Å². The molecule has 3 saturated carbocycles. The van der Waals surface area contributed by atoms with Gasteiger partial charge in [-0.1, -0.05) is 18.6 Å². The number of carboxylic acid groups (broad SMARTS) is 1. The predicted octanol–water partition coefficient (Wildman–Crippen LogP) is 2.45. The van der Waals surface area contributed by atoms with Crippen LogP contribution in [-0.4, -0.2) is 23.0 Å². The summed E-state index contributed by atoms with van der Waals surface area (Å²) >= 11 is 0. The summed E-state index contributed by atoms with van der Waals surface area (Å²) in [6.07, 6.45) is 10.1. The van der Waals surface area contributed by atoms with Crippen molar-refractivity contribution >= 4 is 11.9 Å². The molecule has 4 aliphatic carbocycles. The molecule has 4 aliphatic rings. The third-order valence-corrected chi connectivity index (χ3v) is 6.85. The van der Waals surface area contributed by atoms with Crippen LogP contribution in [0.3, 0.4) is 0 Å². The summed E-state index contributed by atoms with van der Waals surface area (Å²) in [6, 6.07) is 0.181. The van der Waals surface area contributed by atoms with Crippen LogP contribution in [0.5, 0.6) is 0 Å². The van der Waals surface area contributed by atoms with Crippen molar-refractivity contribution in [1.29, 1.82) is 0 Å². The van der Waals surface area contributed by atoms with E-state index >= 15 is 0 Å². The minimum atomic E-state index is -0.815. The van der Waals surface area contributed by atoms with Gasteiger partial charge in [-0.2, -0.15) is 0 Å². The maximum absolute atomic E-state index is 12.7. The monoisotopic (exact) mass is 303 g/mol. The molecule has 0 aromatic heterocycles. The molecular weight excluding hydrogens is 278 g/mol. The molecule has 8 unspecified atom stereocenters. The van der Waals surface area contributed by atoms with E-state index in [0.717, 1.165) is 18.3 Å². The van der Waals surface area contributed by atoms with Gasteiger partial charge in [0.2, 0.25) is 5.91 Å². The Morgan fingerprint density at radius 1 is 1.09 bits per heavy atom. The van der Waals surface area contributed by atoms with E-state index in [0.29, 0.717) is 5.92 Å². The zero-order chi connectivity index (χ0) is 15.4. The van der Waals surface area contributed by atoms with E-state index in [4.69, 9.17) is 0 Å². The molecule has 0 heterocycles. The number of rotatable bonds is 4. The van der Waals surface area contributed by atoms with Gasteiger partial charge in [0, 0.05) is 6.04 Å². The average molecular weight is 303 g/mol. The van der Waals surface area contributed by atoms with Gasteiger partial charge in [-0.05, 0) is 62.2 Å². The van der Waals surface area contributed by atoms with Crippen molar-refractivity contribution in [2.45, 2.75) is 45.1 Å². The summed E-state index contributed by atoms with van der Waals surface area (Å²) in [4.78, 5) is 24.3. The number of carboxylic acids is 1. The fraction of sp³-hybridized carbons (Fsp3) is 0.778. The van der Waals surface area contributed by atoms with Crippen molar-refractivity contribution in [3.8, 4) is 0 Å². The lowest BCUT2D eigenvalue weighted by atomic mass is 9.81. The van der Waals surface area contributed by atoms with Crippen molar-refractivity contribution in [3.05, 3.63) is 12.2 Å². The first kappa shape index (κ1) is 14.3. The largest absolute Gasteiger partial charge is 0.481 e. The Morgan fingerprint density at radius 2 is 1.82 bits per heavy atom. The standard InChI is InChI=1S/C18H25NO3/c1-9(14-7-10-2-3-11(14)6-10)19-17(20)15-12-4-5-13(8-12)16(15)18(21)22/h4-5,9-16H,2-3,6-8H2,1H3,(H,19,20)(H,21,22). The van der Waals surface area contributed by atoms with Crippen LogP contribution in [0.15, 0.2) is 12.2 Å². The highest BCUT2D eigenvalue weighted by Gasteiger charge is 2.52. The highest BCUT2D eigenvalue weighted by atomic mass is 16.4. The topological polar surface area (TPSA) is 66.4 Å². The van der Waals surface area contributed by atoms with Gasteiger partial charge in [-0.25, -0.2) is 0 Å². The van der Waals surface area contributed by atoms with E-state index in [9.17, 15) is 14.7 Å². The zero-order valence-corrected chi connectivity index (χ0v) is 13.1. The molecule has 0 saturated heterocycles. The zero-order valence-electron chi connectivity index (χ0n) is 13.1. The summed E-state index contributed by atoms with van der Waals surface area (Å²) < 4.78 is 0. The number of carbonyl (C=O) groups excluding carboxylic acids is 1. The second-order valence-electron chi connectivity index (χ2n) is 7.97. The van der Waals surface area contributed by atoms with Crippen LogP contribution >= 0.6 is 0 Å². The number of hydrogen-bond acceptors (Lipinski definition) is 2. The summed E-state index contributed by atoms with van der Waals surface area (Å²) in [5.41, 5.74) is 0. The van der Waals surface area contributed by atoms with Crippen molar-refractivity contribution in [2.75, 3.05) is 0 Å². The predicted molar refractivity (Wildman–Crippen MR) is 81.9 cm³/mol. The second-order valence-corrected chi connectivity index (χ2v) is 7.97. The Bertz CT molecular complexity index is 528. The molecule has 2 N–H and O–H groups in total. The van der Waals surface area contributed by atoms with Gasteiger partial charge in [0.15, 0.2) is 0 Å². The van der Waals surface area contributed by atoms with Gasteiger partial charge in [-0.15, -0.1) is 0 Å². The van der Waals surface area contributed by atoms with Crippen LogP contribution in [0.2, 0.25) is 0 Å². The number of nitrogens with one attached hydrogen (secondary N) is 1. The highest BCUT2D eigenvalue weighted by molar-refractivity contribution is 5.87. The number of amides is 1. The highest BCUT2D eigenvalue weighted by Crippen LogP contribution is 2.50. The summed E-state index contributed by atoms with van der Waals surface area (Å²) in [7, 11) is 0. The van der Waals surface area contributed by atoms with E-state index < -0.39 is 11.9 Å². The molecule has 4 nitrogen and oxygen atoms in total. The van der Waals surface area contributed by atoms with Crippen LogP contribution in [0.25, 0.3) is 0 Å². The summed E-state index contributed by atoms with van der Waals surface area (Å²) in [6.45, 7) is 2.11. The van der Waals surface area contributed by atoms with E-state index in [1.807, 2.05) is 6.08 Å². The van der Waals surface area contributed by atoms with Crippen LogP contribution in [0.4, 0.5) is 0 Å². The Hall–Kier alpha value is -1.32. The van der Waals surface area contributed by atoms with Crippen molar-refractivity contribution in [3.63, 3.8) is 0 Å². The smallest absolute Gasteiger partial charge is 0.307 e. The fourth-order valence-electron chi connectivity index (χ4n) is 5.85. The quantitative estimate of drug-likeness (QED) is 0.784. The SMILES string of the molecule is CC(NC(=O)C1C2C=CC(C2)C1C(=O)O)C1CC2CCC1C2. The first-order chi connectivity index (χ1) is 10.5. The molecule has 120 valence electrons. The van der Waals surface area contributed by atoms with Gasteiger partial charge in [0.05, 0.1) is 11.8 Å². The number of carbonyl (C=O) groups is 2. The molecule has 4 heteroatoms. The first-order valence-corrected chi connectivity index (χ1v) is 8.76. The Balaban J connectivity index is 1.43. The molecule has 0 aromatic rings. The number of hydrogen-bond donors (Lipinski definition) is 2. The van der Waals surface area contributed by atoms with E-state index in [-0.39, 0.29) is 29.7 Å². The van der Waals surface area contributed by atoms with Crippen molar-refractivity contribution in [1.82, 2.24) is 5.32 Å². The summed E-state index contributed by atoms with van der Waals surface area (Å²) in [5, 5.41) is 12.7. The molecular formula is C18H25NO3. The van der Waals surface area contributed by atoms with Crippen LogP contribution in [-0.2, 0) is 9.59 Å². The van der Waals surface area contributed by atoms with Crippen molar-refractivity contribution < 1.29 is 14.7 Å². The third-order valence-electron chi connectivity index (χ3n) is 6.85. The second kappa shape index (κ2) is 5.10. The fourth-order valence-corrected chi connectivity index (χ4v) is 5.85. The van der Waals surface area contributed by atoms with Gasteiger partial charge in [-0.3, -0.25) is 9.59 Å². The van der Waals surface area contributed by atoms with Gasteiger partial charge < -0.3 is 10.4 Å². The molecule has 4 bridgehead atoms. The maximum Gasteiger partial charge on any atom is 0.307 e. The third kappa shape index (κ3) is 2.10. The van der Waals surface area contributed by atoms with Crippen LogP contribution in [0, 0.1) is 41.4 Å². The summed E-state index contributed by atoms with van der Waals surface area (Å²) in [5.74, 6) is 0.677. The van der Waals surface area contributed by atoms with Gasteiger partial charge in [0.1, 0.15) is 0 Å². The maximum atomic E-state index is 12.7.